The Hall–Kier alpha value is -3.45. The number of hydrogen-bond donors (Lipinski definition) is 0. The number of carbonyl (C=O) groups excluding carboxylic acids is 1. The largest absolute Gasteiger partial charge is 0.378 e. The number of morpholine rings is 1. The summed E-state index contributed by atoms with van der Waals surface area (Å²) < 4.78 is 24.4. The van der Waals surface area contributed by atoms with Crippen LogP contribution in [0.1, 0.15) is 5.56 Å². The van der Waals surface area contributed by atoms with E-state index in [1.807, 2.05) is 0 Å². The smallest absolute Gasteiger partial charge is 0.332 e. The Morgan fingerprint density at radius 3 is 2.50 bits per heavy atom. The van der Waals surface area contributed by atoms with E-state index in [0.717, 1.165) is 10.1 Å². The van der Waals surface area contributed by atoms with Gasteiger partial charge in [0.2, 0.25) is 11.7 Å². The predicted octanol–water partition coefficient (Wildman–Crippen LogP) is 0.220. The third-order valence-electron chi connectivity index (χ3n) is 5.89. The van der Waals surface area contributed by atoms with Crippen LogP contribution in [-0.2, 0) is 30.2 Å². The fourth-order valence-corrected chi connectivity index (χ4v) is 4.91. The van der Waals surface area contributed by atoms with E-state index >= 15 is 0 Å². The minimum atomic E-state index is -0.493. The average Bonchev–Trinajstić information content (AvgIpc) is 3.40. The van der Waals surface area contributed by atoms with Crippen LogP contribution in [0.5, 0.6) is 0 Å². The number of amides is 1. The Kier molecular flexibility index (Phi) is 5.73. The zero-order valence-electron chi connectivity index (χ0n) is 18.6. The van der Waals surface area contributed by atoms with Gasteiger partial charge in [-0.2, -0.15) is 0 Å². The quantitative estimate of drug-likeness (QED) is 0.371. The van der Waals surface area contributed by atoms with Crippen LogP contribution < -0.4 is 11.2 Å². The van der Waals surface area contributed by atoms with Gasteiger partial charge in [-0.25, -0.2) is 13.6 Å². The molecule has 1 aliphatic heterocycles. The summed E-state index contributed by atoms with van der Waals surface area (Å²) in [6, 6.07) is 5.93. The molecule has 0 radical (unpaired) electrons. The van der Waals surface area contributed by atoms with Crippen LogP contribution >= 0.6 is 11.8 Å². The van der Waals surface area contributed by atoms with E-state index in [9.17, 15) is 18.8 Å². The first-order chi connectivity index (χ1) is 16.4. The van der Waals surface area contributed by atoms with Gasteiger partial charge in [0.1, 0.15) is 5.82 Å². The van der Waals surface area contributed by atoms with Gasteiger partial charge in [0, 0.05) is 27.2 Å². The first kappa shape index (κ1) is 22.3. The Labute approximate surface area is 196 Å². The molecule has 0 spiro atoms. The highest BCUT2D eigenvalue weighted by atomic mass is 32.2. The number of hydrogen-bond acceptors (Lipinski definition) is 7. The molecule has 1 aromatic carbocycles. The van der Waals surface area contributed by atoms with Crippen molar-refractivity contribution in [1.82, 2.24) is 33.2 Å². The average molecular weight is 488 g/mol. The highest BCUT2D eigenvalue weighted by Gasteiger charge is 2.25. The summed E-state index contributed by atoms with van der Waals surface area (Å²) in [5, 5.41) is 8.90. The van der Waals surface area contributed by atoms with Crippen LogP contribution in [0.4, 0.5) is 4.39 Å². The topological polar surface area (TPSA) is 109 Å². The second-order valence-electron chi connectivity index (χ2n) is 7.99. The Bertz CT molecular complexity index is 1510. The van der Waals surface area contributed by atoms with Crippen LogP contribution in [0.15, 0.2) is 39.0 Å². The molecule has 3 aromatic heterocycles. The van der Waals surface area contributed by atoms with Crippen molar-refractivity contribution in [3.8, 4) is 0 Å². The number of thioether (sulfide) groups is 1. The lowest BCUT2D eigenvalue weighted by Gasteiger charge is -2.26. The van der Waals surface area contributed by atoms with Gasteiger partial charge in [0.25, 0.3) is 5.56 Å². The van der Waals surface area contributed by atoms with Crippen LogP contribution in [0.2, 0.25) is 0 Å². The minimum Gasteiger partial charge on any atom is -0.378 e. The number of aromatic nitrogens is 6. The number of halogens is 1. The van der Waals surface area contributed by atoms with Gasteiger partial charge in [0.15, 0.2) is 16.3 Å². The van der Waals surface area contributed by atoms with Crippen molar-refractivity contribution >= 4 is 34.6 Å². The molecule has 0 unspecified atom stereocenters. The Balaban J connectivity index is 1.62. The number of rotatable bonds is 5. The second kappa shape index (κ2) is 8.72. The van der Waals surface area contributed by atoms with Gasteiger partial charge >= 0.3 is 5.69 Å². The molecule has 34 heavy (non-hydrogen) atoms. The zero-order valence-corrected chi connectivity index (χ0v) is 19.4. The maximum absolute atomic E-state index is 13.4. The fraction of sp³-hybridized carbons (Fsp3) is 0.381. The SMILES string of the molecule is Cn1c(=O)c2c(n(C)c1=O)n1c(SCC(=O)N3CCOCC3)nnc1n2Cc1ccc(F)cc1. The summed E-state index contributed by atoms with van der Waals surface area (Å²) in [7, 11) is 2.98. The molecule has 11 nitrogen and oxygen atoms in total. The zero-order chi connectivity index (χ0) is 24.0. The molecule has 178 valence electrons. The van der Waals surface area contributed by atoms with Gasteiger partial charge in [-0.05, 0) is 17.7 Å². The Morgan fingerprint density at radius 1 is 1.09 bits per heavy atom. The number of ether oxygens (including phenoxy) is 1. The van der Waals surface area contributed by atoms with E-state index in [2.05, 4.69) is 10.2 Å². The summed E-state index contributed by atoms with van der Waals surface area (Å²) in [4.78, 5) is 40.2. The van der Waals surface area contributed by atoms with E-state index in [4.69, 9.17) is 4.74 Å². The van der Waals surface area contributed by atoms with Crippen LogP contribution in [0.3, 0.4) is 0 Å². The molecule has 4 heterocycles. The number of aryl methyl sites for hydroxylation is 1. The molecule has 13 heteroatoms. The molecule has 1 aliphatic rings. The highest BCUT2D eigenvalue weighted by Crippen LogP contribution is 2.25. The normalized spacial score (nSPS) is 14.4. The number of benzene rings is 1. The molecule has 0 aliphatic carbocycles. The molecular formula is C21H22FN7O4S. The molecule has 0 saturated carbocycles. The van der Waals surface area contributed by atoms with Gasteiger partial charge in [-0.3, -0.25) is 23.3 Å². The standard InChI is InChI=1S/C21H22FN7O4S/c1-25-17-16(18(31)26(2)21(25)32)28(11-13-3-5-14(22)6-4-13)19-23-24-20(29(17)19)34-12-15(30)27-7-9-33-10-8-27/h3-6H,7-12H2,1-2H3. The third kappa shape index (κ3) is 3.70. The van der Waals surface area contributed by atoms with Gasteiger partial charge in [0.05, 0.1) is 25.5 Å². The maximum Gasteiger partial charge on any atom is 0.332 e. The van der Waals surface area contributed by atoms with Crippen LogP contribution in [0, 0.1) is 5.82 Å². The molecule has 4 aromatic rings. The lowest BCUT2D eigenvalue weighted by Crippen LogP contribution is -2.41. The maximum atomic E-state index is 13.4. The first-order valence-electron chi connectivity index (χ1n) is 10.6. The van der Waals surface area contributed by atoms with Crippen molar-refractivity contribution in [1.29, 1.82) is 0 Å². The van der Waals surface area contributed by atoms with E-state index in [0.29, 0.717) is 42.9 Å². The van der Waals surface area contributed by atoms with Crippen molar-refractivity contribution in [3.05, 3.63) is 56.5 Å². The number of nitrogens with zero attached hydrogens (tertiary/aromatic N) is 7. The van der Waals surface area contributed by atoms with Crippen molar-refractivity contribution in [2.24, 2.45) is 14.1 Å². The lowest BCUT2D eigenvalue weighted by molar-refractivity contribution is -0.132. The fourth-order valence-electron chi connectivity index (χ4n) is 4.08. The van der Waals surface area contributed by atoms with E-state index in [1.165, 1.54) is 35.5 Å². The highest BCUT2D eigenvalue weighted by molar-refractivity contribution is 7.99. The first-order valence-corrected chi connectivity index (χ1v) is 11.6. The van der Waals surface area contributed by atoms with Gasteiger partial charge in [-0.1, -0.05) is 23.9 Å². The van der Waals surface area contributed by atoms with Gasteiger partial charge in [-0.15, -0.1) is 10.2 Å². The Morgan fingerprint density at radius 2 is 1.79 bits per heavy atom. The number of imidazole rings is 1. The lowest BCUT2D eigenvalue weighted by atomic mass is 10.2. The van der Waals surface area contributed by atoms with E-state index in [1.54, 1.807) is 33.0 Å². The van der Waals surface area contributed by atoms with Crippen molar-refractivity contribution in [2.45, 2.75) is 11.7 Å². The molecular weight excluding hydrogens is 465 g/mol. The second-order valence-corrected chi connectivity index (χ2v) is 8.93. The number of carbonyl (C=O) groups is 1. The third-order valence-corrected chi connectivity index (χ3v) is 6.81. The van der Waals surface area contributed by atoms with E-state index in [-0.39, 0.29) is 29.5 Å². The molecule has 0 atom stereocenters. The summed E-state index contributed by atoms with van der Waals surface area (Å²) in [6.07, 6.45) is 0. The van der Waals surface area contributed by atoms with Crippen LogP contribution in [0.25, 0.3) is 16.9 Å². The predicted molar refractivity (Wildman–Crippen MR) is 123 cm³/mol. The summed E-state index contributed by atoms with van der Waals surface area (Å²) in [5.41, 5.74) is 0.367. The van der Waals surface area contributed by atoms with Crippen molar-refractivity contribution in [3.63, 3.8) is 0 Å². The number of fused-ring (bicyclic) bond motifs is 3. The molecule has 1 fully saturated rings. The summed E-state index contributed by atoms with van der Waals surface area (Å²) in [6.45, 7) is 2.31. The van der Waals surface area contributed by atoms with E-state index < -0.39 is 11.2 Å². The molecule has 5 rings (SSSR count). The van der Waals surface area contributed by atoms with Crippen molar-refractivity contribution in [2.75, 3.05) is 32.1 Å². The molecule has 1 amide bonds. The molecule has 0 N–H and O–H groups in total. The van der Waals surface area contributed by atoms with Crippen LogP contribution in [-0.4, -0.2) is 71.2 Å². The minimum absolute atomic E-state index is 0.0510. The summed E-state index contributed by atoms with van der Waals surface area (Å²) >= 11 is 1.19. The van der Waals surface area contributed by atoms with Gasteiger partial charge < -0.3 is 9.64 Å². The molecule has 1 saturated heterocycles. The monoisotopic (exact) mass is 487 g/mol. The summed E-state index contributed by atoms with van der Waals surface area (Å²) in [5.74, 6) is 0.0593. The van der Waals surface area contributed by atoms with Crippen molar-refractivity contribution < 1.29 is 13.9 Å². The molecule has 0 bridgehead atoms.